The first-order chi connectivity index (χ1) is 12.7. The number of sulfonamides is 1. The van der Waals surface area contributed by atoms with Crippen LogP contribution >= 0.6 is 0 Å². The summed E-state index contributed by atoms with van der Waals surface area (Å²) in [5.74, 6) is -1.07. The van der Waals surface area contributed by atoms with Crippen LogP contribution in [0.15, 0.2) is 35.5 Å². The predicted octanol–water partition coefficient (Wildman–Crippen LogP) is 0.811. The van der Waals surface area contributed by atoms with Crippen LogP contribution in [0.2, 0.25) is 0 Å². The van der Waals surface area contributed by atoms with E-state index in [0.717, 1.165) is 36.1 Å². The molecule has 1 aromatic heterocycles. The van der Waals surface area contributed by atoms with Crippen molar-refractivity contribution in [2.75, 3.05) is 5.32 Å². The summed E-state index contributed by atoms with van der Waals surface area (Å²) >= 11 is 0. The van der Waals surface area contributed by atoms with Crippen molar-refractivity contribution in [3.63, 3.8) is 0 Å². The number of primary sulfonamides is 1. The van der Waals surface area contributed by atoms with Gasteiger partial charge in [0.25, 0.3) is 5.91 Å². The number of nitrogens with one attached hydrogen (secondary N) is 1. The average Bonchev–Trinajstić information content (AvgIpc) is 3.02. The van der Waals surface area contributed by atoms with Crippen molar-refractivity contribution in [3.05, 3.63) is 41.7 Å². The molecule has 1 aromatic carbocycles. The Morgan fingerprint density at radius 1 is 1.43 bits per heavy atom. The van der Waals surface area contributed by atoms with Crippen molar-refractivity contribution in [2.24, 2.45) is 5.14 Å². The maximum absolute atomic E-state index is 13.0. The van der Waals surface area contributed by atoms with Gasteiger partial charge in [0.05, 0.1) is 29.9 Å². The molecule has 0 aliphatic carbocycles. The van der Waals surface area contributed by atoms with Gasteiger partial charge in [-0.3, -0.25) is 9.48 Å². The van der Waals surface area contributed by atoms with Crippen molar-refractivity contribution in [1.29, 1.82) is 5.26 Å². The molecule has 150 valence electrons. The predicted molar refractivity (Wildman–Crippen MR) is 89.0 cm³/mol. The largest absolute Gasteiger partial charge is 0.417 e. The molecule has 0 aliphatic rings. The van der Waals surface area contributed by atoms with E-state index in [9.17, 15) is 31.5 Å². The molecule has 0 unspecified atom stereocenters. The first kappa shape index (κ1) is 21.4. The lowest BCUT2D eigenvalue weighted by molar-refractivity contribution is -0.138. The molecule has 0 saturated carbocycles. The van der Waals surface area contributed by atoms with Gasteiger partial charge in [-0.05, 0) is 25.1 Å². The van der Waals surface area contributed by atoms with Crippen LogP contribution in [0.3, 0.4) is 0 Å². The quantitative estimate of drug-likeness (QED) is 0.655. The third kappa shape index (κ3) is 4.85. The minimum absolute atomic E-state index is 0.290. The number of alkyl halides is 3. The molecule has 2 aromatic rings. The minimum atomic E-state index is -4.81. The fourth-order valence-corrected chi connectivity index (χ4v) is 2.65. The van der Waals surface area contributed by atoms with Gasteiger partial charge >= 0.3 is 6.18 Å². The number of aromatic nitrogens is 2. The summed E-state index contributed by atoms with van der Waals surface area (Å²) in [7, 11) is -4.03. The minimum Gasteiger partial charge on any atom is -0.378 e. The Labute approximate surface area is 157 Å². The van der Waals surface area contributed by atoms with E-state index in [2.05, 4.69) is 10.4 Å². The van der Waals surface area contributed by atoms with Crippen molar-refractivity contribution < 1.29 is 31.5 Å². The van der Waals surface area contributed by atoms with Crippen LogP contribution in [0, 0.1) is 11.3 Å². The summed E-state index contributed by atoms with van der Waals surface area (Å²) in [5, 5.41) is 29.8. The second-order valence-corrected chi connectivity index (χ2v) is 7.58. The smallest absolute Gasteiger partial charge is 0.378 e. The van der Waals surface area contributed by atoms with E-state index in [0.29, 0.717) is 6.07 Å². The van der Waals surface area contributed by atoms with Crippen LogP contribution in [0.25, 0.3) is 0 Å². The van der Waals surface area contributed by atoms with E-state index in [4.69, 9.17) is 10.4 Å². The maximum Gasteiger partial charge on any atom is 0.417 e. The maximum atomic E-state index is 13.0. The standard InChI is InChI=1S/C15H14F3N5O4S/c1-14(25,8-23-7-11(6-21-23)28(20,26)27)13(24)22-10-3-2-9(5-19)12(4-10)15(16,17)18/h2-4,6-7,25H,8H2,1H3,(H,22,24)(H2,20,26,27)/t14-/m0/s1. The summed E-state index contributed by atoms with van der Waals surface area (Å²) in [6.45, 7) is 0.561. The van der Waals surface area contributed by atoms with E-state index in [1.165, 1.54) is 6.07 Å². The molecule has 0 saturated heterocycles. The zero-order chi connectivity index (χ0) is 21.3. The normalized spacial score (nSPS) is 14.2. The lowest BCUT2D eigenvalue weighted by atomic mass is 10.0. The molecule has 28 heavy (non-hydrogen) atoms. The van der Waals surface area contributed by atoms with Crippen LogP contribution in [0.1, 0.15) is 18.1 Å². The van der Waals surface area contributed by atoms with Crippen LogP contribution in [-0.4, -0.2) is 34.8 Å². The Balaban J connectivity index is 2.22. The number of hydrogen-bond donors (Lipinski definition) is 3. The number of amides is 1. The van der Waals surface area contributed by atoms with Crippen LogP contribution < -0.4 is 10.5 Å². The highest BCUT2D eigenvalue weighted by Gasteiger charge is 2.35. The highest BCUT2D eigenvalue weighted by atomic mass is 32.2. The third-order valence-corrected chi connectivity index (χ3v) is 4.47. The van der Waals surface area contributed by atoms with Crippen molar-refractivity contribution in [1.82, 2.24) is 9.78 Å². The Bertz CT molecular complexity index is 1050. The number of nitrogens with zero attached hydrogens (tertiary/aromatic N) is 3. The fraction of sp³-hybridized carbons (Fsp3) is 0.267. The second-order valence-electron chi connectivity index (χ2n) is 6.02. The van der Waals surface area contributed by atoms with Gasteiger partial charge in [-0.25, -0.2) is 13.6 Å². The number of carbonyl (C=O) groups excluding carboxylic acids is 1. The summed E-state index contributed by atoms with van der Waals surface area (Å²) in [6.07, 6.45) is -2.91. The topological polar surface area (TPSA) is 151 Å². The first-order valence-electron chi connectivity index (χ1n) is 7.44. The molecular formula is C15H14F3N5O4S. The summed E-state index contributed by atoms with van der Waals surface area (Å²) in [5.41, 5.74) is -4.31. The van der Waals surface area contributed by atoms with Gasteiger partial charge in [-0.2, -0.15) is 23.5 Å². The lowest BCUT2D eigenvalue weighted by Gasteiger charge is -2.22. The number of aliphatic hydroxyl groups is 1. The molecule has 0 radical (unpaired) electrons. The van der Waals surface area contributed by atoms with Crippen molar-refractivity contribution in [2.45, 2.75) is 30.1 Å². The van der Waals surface area contributed by atoms with Crippen LogP contribution in [0.5, 0.6) is 0 Å². The van der Waals surface area contributed by atoms with Gasteiger partial charge in [-0.15, -0.1) is 0 Å². The molecule has 0 fully saturated rings. The fourth-order valence-electron chi connectivity index (χ4n) is 2.19. The van der Waals surface area contributed by atoms with E-state index in [1.807, 2.05) is 0 Å². The number of anilines is 1. The Kier molecular flexibility index (Phi) is 5.51. The summed E-state index contributed by atoms with van der Waals surface area (Å²) in [6, 6.07) is 3.94. The highest BCUT2D eigenvalue weighted by Crippen LogP contribution is 2.33. The van der Waals surface area contributed by atoms with Crippen molar-refractivity contribution >= 4 is 21.6 Å². The van der Waals surface area contributed by atoms with Gasteiger partial charge in [0.2, 0.25) is 10.0 Å². The van der Waals surface area contributed by atoms with E-state index in [-0.39, 0.29) is 10.6 Å². The molecule has 0 bridgehead atoms. The molecule has 1 atom stereocenters. The molecule has 1 heterocycles. The van der Waals surface area contributed by atoms with Gasteiger partial charge in [0.1, 0.15) is 4.90 Å². The zero-order valence-corrected chi connectivity index (χ0v) is 15.0. The molecule has 4 N–H and O–H groups in total. The number of nitrogens with two attached hydrogens (primary N) is 1. The number of halogens is 3. The van der Waals surface area contributed by atoms with Gasteiger partial charge in [-0.1, -0.05) is 0 Å². The molecule has 1 amide bonds. The van der Waals surface area contributed by atoms with E-state index < -0.39 is 45.4 Å². The molecule has 0 aliphatic heterocycles. The number of benzene rings is 1. The van der Waals surface area contributed by atoms with E-state index >= 15 is 0 Å². The number of rotatable bonds is 5. The Morgan fingerprint density at radius 3 is 2.57 bits per heavy atom. The third-order valence-electron chi connectivity index (χ3n) is 3.60. The van der Waals surface area contributed by atoms with Crippen LogP contribution in [-0.2, 0) is 27.5 Å². The zero-order valence-electron chi connectivity index (χ0n) is 14.2. The van der Waals surface area contributed by atoms with Crippen LogP contribution in [0.4, 0.5) is 18.9 Å². The molecule has 13 heteroatoms. The van der Waals surface area contributed by atoms with E-state index in [1.54, 1.807) is 0 Å². The Hall–Kier alpha value is -2.95. The molecular weight excluding hydrogens is 403 g/mol. The molecule has 2 rings (SSSR count). The second kappa shape index (κ2) is 7.23. The molecule has 0 spiro atoms. The summed E-state index contributed by atoms with van der Waals surface area (Å²) < 4.78 is 62.4. The number of carbonyl (C=O) groups is 1. The lowest BCUT2D eigenvalue weighted by Crippen LogP contribution is -2.43. The van der Waals surface area contributed by atoms with Crippen molar-refractivity contribution in [3.8, 4) is 6.07 Å². The SMILES string of the molecule is C[C@](O)(Cn1cc(S(N)(=O)=O)cn1)C(=O)Nc1ccc(C#N)c(C(F)(F)F)c1. The summed E-state index contributed by atoms with van der Waals surface area (Å²) in [4.78, 5) is 11.9. The van der Waals surface area contributed by atoms with Gasteiger partial charge < -0.3 is 10.4 Å². The first-order valence-corrected chi connectivity index (χ1v) is 8.99. The Morgan fingerprint density at radius 2 is 2.07 bits per heavy atom. The number of nitriles is 1. The highest BCUT2D eigenvalue weighted by molar-refractivity contribution is 7.89. The van der Waals surface area contributed by atoms with Gasteiger partial charge in [0.15, 0.2) is 5.60 Å². The average molecular weight is 417 g/mol. The number of hydrogen-bond acceptors (Lipinski definition) is 6. The van der Waals surface area contributed by atoms with Gasteiger partial charge in [0, 0.05) is 11.9 Å². The monoisotopic (exact) mass is 417 g/mol. The molecule has 9 nitrogen and oxygen atoms in total.